The lowest BCUT2D eigenvalue weighted by Gasteiger charge is -2.31. The molecule has 1 unspecified atom stereocenters. The Kier molecular flexibility index (Phi) is 6.04. The van der Waals surface area contributed by atoms with Crippen LogP contribution in [0.4, 0.5) is 0 Å². The summed E-state index contributed by atoms with van der Waals surface area (Å²) in [7, 11) is 0. The molecule has 6 heteroatoms. The molecule has 26 heavy (non-hydrogen) atoms. The van der Waals surface area contributed by atoms with Gasteiger partial charge in [-0.3, -0.25) is 9.69 Å². The number of amides is 1. The Morgan fingerprint density at radius 3 is 2.85 bits per heavy atom. The molecule has 2 aromatic rings. The van der Waals surface area contributed by atoms with Crippen LogP contribution in [0.3, 0.4) is 0 Å². The van der Waals surface area contributed by atoms with E-state index in [-0.39, 0.29) is 11.8 Å². The van der Waals surface area contributed by atoms with Crippen molar-refractivity contribution in [2.24, 2.45) is 11.8 Å². The molecule has 0 spiro atoms. The Morgan fingerprint density at radius 2 is 2.12 bits per heavy atom. The highest BCUT2D eigenvalue weighted by Gasteiger charge is 2.26. The van der Waals surface area contributed by atoms with Gasteiger partial charge in [0.15, 0.2) is 0 Å². The molecular weight excluding hydrogens is 328 g/mol. The zero-order chi connectivity index (χ0) is 18.5. The number of nitrogens with zero attached hydrogens (tertiary/aromatic N) is 3. The normalized spacial score (nSPS) is 18.2. The molecule has 3 rings (SSSR count). The molecule has 1 aliphatic rings. The largest absolute Gasteiger partial charge is 0.356 e. The zero-order valence-electron chi connectivity index (χ0n) is 15.9. The van der Waals surface area contributed by atoms with Gasteiger partial charge in [-0.15, -0.1) is 0 Å². The molecule has 140 valence electrons. The second-order valence-corrected chi connectivity index (χ2v) is 7.59. The van der Waals surface area contributed by atoms with Crippen LogP contribution in [0.25, 0.3) is 11.4 Å². The maximum Gasteiger partial charge on any atom is 0.241 e. The lowest BCUT2D eigenvalue weighted by Crippen LogP contribution is -2.43. The van der Waals surface area contributed by atoms with Gasteiger partial charge in [-0.25, -0.2) is 0 Å². The molecule has 1 aromatic heterocycles. The number of hydrogen-bond donors (Lipinski definition) is 1. The first-order chi connectivity index (χ1) is 12.5. The minimum Gasteiger partial charge on any atom is -0.356 e. The molecule has 1 saturated heterocycles. The van der Waals surface area contributed by atoms with Crippen molar-refractivity contribution in [3.63, 3.8) is 0 Å². The first kappa shape index (κ1) is 18.6. The van der Waals surface area contributed by atoms with E-state index in [0.717, 1.165) is 38.0 Å². The van der Waals surface area contributed by atoms with Gasteiger partial charge < -0.3 is 9.84 Å². The number of likely N-dealkylation sites (tertiary alicyclic amines) is 1. The van der Waals surface area contributed by atoms with E-state index in [4.69, 9.17) is 4.52 Å². The van der Waals surface area contributed by atoms with Crippen molar-refractivity contribution in [2.45, 2.75) is 40.2 Å². The zero-order valence-corrected chi connectivity index (χ0v) is 15.9. The van der Waals surface area contributed by atoms with E-state index in [1.807, 2.05) is 24.3 Å². The fourth-order valence-corrected chi connectivity index (χ4v) is 3.19. The van der Waals surface area contributed by atoms with Gasteiger partial charge in [-0.2, -0.15) is 4.98 Å². The fourth-order valence-electron chi connectivity index (χ4n) is 3.19. The molecule has 1 aromatic carbocycles. The van der Waals surface area contributed by atoms with Gasteiger partial charge in [0.05, 0.1) is 12.5 Å². The highest BCUT2D eigenvalue weighted by atomic mass is 16.5. The summed E-state index contributed by atoms with van der Waals surface area (Å²) < 4.78 is 5.42. The number of aromatic nitrogens is 2. The van der Waals surface area contributed by atoms with Crippen molar-refractivity contribution >= 4 is 5.91 Å². The van der Waals surface area contributed by atoms with Crippen molar-refractivity contribution in [3.05, 3.63) is 35.7 Å². The van der Waals surface area contributed by atoms with E-state index in [9.17, 15) is 4.79 Å². The molecule has 2 heterocycles. The summed E-state index contributed by atoms with van der Waals surface area (Å²) >= 11 is 0. The highest BCUT2D eigenvalue weighted by Crippen LogP contribution is 2.20. The van der Waals surface area contributed by atoms with E-state index in [2.05, 4.69) is 41.1 Å². The van der Waals surface area contributed by atoms with E-state index in [0.29, 0.717) is 24.2 Å². The lowest BCUT2D eigenvalue weighted by atomic mass is 9.97. The van der Waals surface area contributed by atoms with Crippen LogP contribution in [-0.4, -0.2) is 40.6 Å². The van der Waals surface area contributed by atoms with Crippen molar-refractivity contribution < 1.29 is 9.32 Å². The standard InChI is InChI=1S/C20H28N4O2/c1-14(2)11-21-20(25)17-5-4-10-24(12-17)13-18-22-19(23-26-18)16-8-6-15(3)7-9-16/h6-9,14,17H,4-5,10-13H2,1-3H3,(H,21,25). The summed E-state index contributed by atoms with van der Waals surface area (Å²) in [6.07, 6.45) is 1.96. The summed E-state index contributed by atoms with van der Waals surface area (Å²) in [5.41, 5.74) is 2.16. The molecule has 0 bridgehead atoms. The number of piperidine rings is 1. The third-order valence-corrected chi connectivity index (χ3v) is 4.70. The quantitative estimate of drug-likeness (QED) is 0.861. The van der Waals surface area contributed by atoms with E-state index >= 15 is 0 Å². The second kappa shape index (κ2) is 8.45. The molecule has 1 fully saturated rings. The van der Waals surface area contributed by atoms with Crippen LogP contribution in [0.1, 0.15) is 38.1 Å². The third kappa shape index (κ3) is 4.91. The number of rotatable bonds is 6. The Bertz CT molecular complexity index is 724. The Balaban J connectivity index is 1.57. The molecule has 1 aliphatic heterocycles. The topological polar surface area (TPSA) is 71.3 Å². The summed E-state index contributed by atoms with van der Waals surface area (Å²) in [6, 6.07) is 8.08. The van der Waals surface area contributed by atoms with Crippen LogP contribution in [0.5, 0.6) is 0 Å². The second-order valence-electron chi connectivity index (χ2n) is 7.59. The van der Waals surface area contributed by atoms with E-state index < -0.39 is 0 Å². The van der Waals surface area contributed by atoms with Gasteiger partial charge in [0, 0.05) is 18.7 Å². The predicted octanol–water partition coefficient (Wildman–Crippen LogP) is 3.03. The summed E-state index contributed by atoms with van der Waals surface area (Å²) in [5, 5.41) is 7.14. The maximum atomic E-state index is 12.3. The van der Waals surface area contributed by atoms with Gasteiger partial charge in [0.25, 0.3) is 0 Å². The first-order valence-electron chi connectivity index (χ1n) is 9.41. The number of hydrogen-bond acceptors (Lipinski definition) is 5. The van der Waals surface area contributed by atoms with Crippen LogP contribution in [-0.2, 0) is 11.3 Å². The molecule has 1 atom stereocenters. The number of carbonyl (C=O) groups excluding carboxylic acids is 1. The van der Waals surface area contributed by atoms with Crippen molar-refractivity contribution in [1.29, 1.82) is 0 Å². The Labute approximate surface area is 155 Å². The molecule has 0 radical (unpaired) electrons. The van der Waals surface area contributed by atoms with Crippen LogP contribution in [0, 0.1) is 18.8 Å². The molecule has 0 aliphatic carbocycles. The van der Waals surface area contributed by atoms with E-state index in [1.165, 1.54) is 5.56 Å². The molecule has 1 N–H and O–H groups in total. The van der Waals surface area contributed by atoms with Gasteiger partial charge >= 0.3 is 0 Å². The van der Waals surface area contributed by atoms with Gasteiger partial charge in [-0.05, 0) is 32.2 Å². The molecular formula is C20H28N4O2. The number of aryl methyl sites for hydroxylation is 1. The lowest BCUT2D eigenvalue weighted by molar-refractivity contribution is -0.127. The van der Waals surface area contributed by atoms with Crippen LogP contribution >= 0.6 is 0 Å². The average Bonchev–Trinajstić information content (AvgIpc) is 3.09. The summed E-state index contributed by atoms with van der Waals surface area (Å²) in [5.74, 6) is 1.89. The summed E-state index contributed by atoms with van der Waals surface area (Å²) in [4.78, 5) is 19.1. The van der Waals surface area contributed by atoms with Crippen LogP contribution < -0.4 is 5.32 Å². The van der Waals surface area contributed by atoms with Gasteiger partial charge in [-0.1, -0.05) is 48.8 Å². The minimum absolute atomic E-state index is 0.0435. The smallest absolute Gasteiger partial charge is 0.241 e. The van der Waals surface area contributed by atoms with Gasteiger partial charge in [0.1, 0.15) is 0 Å². The predicted molar refractivity (Wildman–Crippen MR) is 100 cm³/mol. The number of benzene rings is 1. The van der Waals surface area contributed by atoms with Crippen molar-refractivity contribution in [1.82, 2.24) is 20.4 Å². The Morgan fingerprint density at radius 1 is 1.35 bits per heavy atom. The van der Waals surface area contributed by atoms with Crippen molar-refractivity contribution in [3.8, 4) is 11.4 Å². The fraction of sp³-hybridized carbons (Fsp3) is 0.550. The summed E-state index contributed by atoms with van der Waals surface area (Å²) in [6.45, 7) is 9.28. The first-order valence-corrected chi connectivity index (χ1v) is 9.41. The Hall–Kier alpha value is -2.21. The SMILES string of the molecule is Cc1ccc(-c2noc(CN3CCCC(C(=O)NCC(C)C)C3)n2)cc1. The number of nitrogens with one attached hydrogen (secondary N) is 1. The van der Waals surface area contributed by atoms with Crippen LogP contribution in [0.2, 0.25) is 0 Å². The van der Waals surface area contributed by atoms with E-state index in [1.54, 1.807) is 0 Å². The monoisotopic (exact) mass is 356 g/mol. The molecule has 1 amide bonds. The molecule has 6 nitrogen and oxygen atoms in total. The molecule has 0 saturated carbocycles. The number of carbonyl (C=O) groups is 1. The minimum atomic E-state index is 0.0435. The van der Waals surface area contributed by atoms with Crippen molar-refractivity contribution in [2.75, 3.05) is 19.6 Å². The van der Waals surface area contributed by atoms with Crippen LogP contribution in [0.15, 0.2) is 28.8 Å². The third-order valence-electron chi connectivity index (χ3n) is 4.70. The van der Waals surface area contributed by atoms with Gasteiger partial charge in [0.2, 0.25) is 17.6 Å². The maximum absolute atomic E-state index is 12.3. The average molecular weight is 356 g/mol. The highest BCUT2D eigenvalue weighted by molar-refractivity contribution is 5.78.